The van der Waals surface area contributed by atoms with E-state index < -0.39 is 5.76 Å². The fraction of sp³-hybridized carbons (Fsp3) is 0.231. The Morgan fingerprint density at radius 3 is 2.33 bits per heavy atom. The van der Waals surface area contributed by atoms with Gasteiger partial charge in [-0.15, -0.1) is 0 Å². The van der Waals surface area contributed by atoms with Crippen molar-refractivity contribution in [2.45, 2.75) is 18.1 Å². The van der Waals surface area contributed by atoms with E-state index in [4.69, 9.17) is 39.2 Å². The topological polar surface area (TPSA) is 25.2 Å². The molecule has 1 aromatic carbocycles. The normalized spacial score (nSPS) is 11.1. The Morgan fingerprint density at radius 2 is 1.71 bits per heavy atom. The van der Waals surface area contributed by atoms with Crippen molar-refractivity contribution in [3.05, 3.63) is 50.9 Å². The Labute approximate surface area is 139 Å². The van der Waals surface area contributed by atoms with E-state index in [0.29, 0.717) is 50.6 Å². The second-order valence-electron chi connectivity index (χ2n) is 4.04. The summed E-state index contributed by atoms with van der Waals surface area (Å²) in [7, 11) is 0. The summed E-state index contributed by atoms with van der Waals surface area (Å²) < 4.78 is 29.6. The lowest BCUT2D eigenvalue weighted by Crippen LogP contribution is -1.99. The summed E-state index contributed by atoms with van der Waals surface area (Å²) in [5.41, 5.74) is 0.544. The van der Waals surface area contributed by atoms with E-state index in [1.807, 2.05) is 0 Å². The van der Waals surface area contributed by atoms with Crippen LogP contribution in [0.25, 0.3) is 0 Å². The van der Waals surface area contributed by atoms with Gasteiger partial charge in [-0.1, -0.05) is 46.6 Å². The molecule has 0 atom stereocenters. The molecule has 0 spiro atoms. The number of halogens is 5. The highest BCUT2D eigenvalue weighted by molar-refractivity contribution is 7.98. The van der Waals surface area contributed by atoms with Crippen molar-refractivity contribution in [2.24, 2.45) is 0 Å². The van der Waals surface area contributed by atoms with Gasteiger partial charge in [0.2, 0.25) is 0 Å². The number of hydrogen-bond donors (Lipinski definition) is 1. The van der Waals surface area contributed by atoms with Crippen molar-refractivity contribution in [3.8, 4) is 0 Å². The fourth-order valence-corrected chi connectivity index (χ4v) is 3.02. The molecular weight excluding hydrogens is 363 g/mol. The van der Waals surface area contributed by atoms with Crippen LogP contribution < -0.4 is 5.32 Å². The molecule has 0 radical (unpaired) electrons. The second-order valence-corrected chi connectivity index (χ2v) is 6.27. The van der Waals surface area contributed by atoms with Crippen LogP contribution in [0, 0.1) is 0 Å². The molecule has 0 saturated carbocycles. The van der Waals surface area contributed by atoms with Gasteiger partial charge in [0, 0.05) is 5.02 Å². The molecule has 0 aliphatic carbocycles. The maximum atomic E-state index is 12.1. The molecule has 2 rings (SSSR count). The molecule has 114 valence electrons. The maximum Gasteiger partial charge on any atom is 0.284 e. The van der Waals surface area contributed by atoms with E-state index in [9.17, 15) is 8.78 Å². The number of rotatable bonds is 6. The number of thioether (sulfide) groups is 1. The molecule has 2 aromatic rings. The Hall–Kier alpha value is -0.620. The highest BCUT2D eigenvalue weighted by Crippen LogP contribution is 2.34. The monoisotopic (exact) mass is 371 g/mol. The lowest BCUT2D eigenvalue weighted by atomic mass is 10.3. The van der Waals surface area contributed by atoms with Gasteiger partial charge < -0.3 is 9.73 Å². The second kappa shape index (κ2) is 7.58. The summed E-state index contributed by atoms with van der Waals surface area (Å²) in [6.07, 6.45) is 0. The molecule has 0 bridgehead atoms. The van der Waals surface area contributed by atoms with Crippen LogP contribution in [0.4, 0.5) is 14.5 Å². The van der Waals surface area contributed by atoms with Crippen LogP contribution in [0.15, 0.2) is 28.7 Å². The van der Waals surface area contributed by atoms with E-state index in [1.165, 1.54) is 0 Å². The van der Waals surface area contributed by atoms with Crippen LogP contribution in [0.5, 0.6) is 0 Å². The van der Waals surface area contributed by atoms with E-state index in [1.54, 1.807) is 24.3 Å². The number of benzene rings is 1. The van der Waals surface area contributed by atoms with Crippen LogP contribution in [0.1, 0.15) is 11.5 Å². The van der Waals surface area contributed by atoms with Gasteiger partial charge in [0.1, 0.15) is 11.5 Å². The first kappa shape index (κ1) is 16.7. The standard InChI is InChI=1S/C13H10Cl3F2NOS/c14-7-3-10(15)12(11(16)4-7)19-5-8-1-2-9(20-8)6-21-13(17)18/h1-4,13,19H,5-6H2. The van der Waals surface area contributed by atoms with Gasteiger partial charge in [0.05, 0.1) is 28.0 Å². The SMILES string of the molecule is FC(F)SCc1ccc(CNc2c(Cl)cc(Cl)cc2Cl)o1. The number of furan rings is 1. The van der Waals surface area contributed by atoms with Crippen molar-refractivity contribution < 1.29 is 13.2 Å². The molecule has 8 heteroatoms. The first-order valence-corrected chi connectivity index (χ1v) is 7.99. The van der Waals surface area contributed by atoms with E-state index in [2.05, 4.69) is 5.32 Å². The number of alkyl halides is 2. The quantitative estimate of drug-likeness (QED) is 0.643. The number of anilines is 1. The predicted molar refractivity (Wildman–Crippen MR) is 84.8 cm³/mol. The molecule has 0 fully saturated rings. The van der Waals surface area contributed by atoms with Crippen LogP contribution >= 0.6 is 46.6 Å². The molecule has 1 heterocycles. The minimum absolute atomic E-state index is 0.125. The van der Waals surface area contributed by atoms with E-state index in [0.717, 1.165) is 0 Å². The third kappa shape index (κ3) is 4.95. The van der Waals surface area contributed by atoms with Crippen LogP contribution in [0.3, 0.4) is 0 Å². The van der Waals surface area contributed by atoms with Gasteiger partial charge in [0.15, 0.2) is 0 Å². The summed E-state index contributed by atoms with van der Waals surface area (Å²) in [6, 6.07) is 6.53. The summed E-state index contributed by atoms with van der Waals surface area (Å²) in [5.74, 6) is -1.20. The summed E-state index contributed by atoms with van der Waals surface area (Å²) in [5, 5.41) is 4.27. The van der Waals surface area contributed by atoms with Crippen molar-refractivity contribution in [2.75, 3.05) is 5.32 Å². The van der Waals surface area contributed by atoms with Crippen molar-refractivity contribution in [3.63, 3.8) is 0 Å². The van der Waals surface area contributed by atoms with Crippen LogP contribution in [-0.2, 0) is 12.3 Å². The molecule has 0 aliphatic rings. The zero-order valence-electron chi connectivity index (χ0n) is 10.5. The lowest BCUT2D eigenvalue weighted by molar-refractivity contribution is 0.251. The van der Waals surface area contributed by atoms with Crippen molar-refractivity contribution in [1.82, 2.24) is 0 Å². The van der Waals surface area contributed by atoms with Gasteiger partial charge >= 0.3 is 0 Å². The zero-order chi connectivity index (χ0) is 15.4. The van der Waals surface area contributed by atoms with Gasteiger partial charge in [-0.25, -0.2) is 0 Å². The highest BCUT2D eigenvalue weighted by atomic mass is 35.5. The van der Waals surface area contributed by atoms with Crippen LogP contribution in [-0.4, -0.2) is 5.76 Å². The summed E-state index contributed by atoms with van der Waals surface area (Å²) in [4.78, 5) is 0. The summed E-state index contributed by atoms with van der Waals surface area (Å²) in [6.45, 7) is 0.334. The Kier molecular flexibility index (Phi) is 6.05. The van der Waals surface area contributed by atoms with Gasteiger partial charge in [0.25, 0.3) is 5.76 Å². The average molecular weight is 373 g/mol. The Morgan fingerprint density at radius 1 is 1.10 bits per heavy atom. The first-order valence-electron chi connectivity index (χ1n) is 5.81. The van der Waals surface area contributed by atoms with Crippen molar-refractivity contribution in [1.29, 1.82) is 0 Å². The molecule has 1 N–H and O–H groups in total. The molecule has 2 nitrogen and oxygen atoms in total. The Balaban J connectivity index is 1.97. The first-order chi connectivity index (χ1) is 9.95. The minimum Gasteiger partial charge on any atom is -0.463 e. The summed E-state index contributed by atoms with van der Waals surface area (Å²) >= 11 is 18.4. The van der Waals surface area contributed by atoms with Gasteiger partial charge in [-0.3, -0.25) is 0 Å². The van der Waals surface area contributed by atoms with Crippen LogP contribution in [0.2, 0.25) is 15.1 Å². The van der Waals surface area contributed by atoms with Gasteiger partial charge in [-0.05, 0) is 24.3 Å². The Bertz CT molecular complexity index is 598. The fourth-order valence-electron chi connectivity index (χ4n) is 1.63. The van der Waals surface area contributed by atoms with Gasteiger partial charge in [-0.2, -0.15) is 8.78 Å². The predicted octanol–water partition coefficient (Wildman–Crippen LogP) is 6.31. The highest BCUT2D eigenvalue weighted by Gasteiger charge is 2.10. The zero-order valence-corrected chi connectivity index (χ0v) is 13.6. The third-order valence-corrected chi connectivity index (χ3v) is 4.03. The number of hydrogen-bond acceptors (Lipinski definition) is 3. The number of nitrogens with one attached hydrogen (secondary N) is 1. The molecule has 21 heavy (non-hydrogen) atoms. The van der Waals surface area contributed by atoms with E-state index >= 15 is 0 Å². The third-order valence-electron chi connectivity index (χ3n) is 2.52. The average Bonchev–Trinajstić information content (AvgIpc) is 2.83. The van der Waals surface area contributed by atoms with E-state index in [-0.39, 0.29) is 5.75 Å². The smallest absolute Gasteiger partial charge is 0.284 e. The largest absolute Gasteiger partial charge is 0.463 e. The minimum atomic E-state index is -2.41. The molecule has 0 saturated heterocycles. The molecule has 0 aliphatic heterocycles. The van der Waals surface area contributed by atoms with Crippen molar-refractivity contribution >= 4 is 52.3 Å². The molecule has 0 unspecified atom stereocenters. The maximum absolute atomic E-state index is 12.1. The molecule has 0 amide bonds. The lowest BCUT2D eigenvalue weighted by Gasteiger charge is -2.09. The molecule has 1 aromatic heterocycles. The molecular formula is C13H10Cl3F2NOS.